The van der Waals surface area contributed by atoms with Crippen molar-refractivity contribution >= 4 is 0 Å². The van der Waals surface area contributed by atoms with Gasteiger partial charge in [0.05, 0.1) is 5.69 Å². The van der Waals surface area contributed by atoms with E-state index >= 15 is 0 Å². The van der Waals surface area contributed by atoms with Crippen molar-refractivity contribution in [2.45, 2.75) is 59.0 Å². The van der Waals surface area contributed by atoms with E-state index in [-0.39, 0.29) is 0 Å². The summed E-state index contributed by atoms with van der Waals surface area (Å²) in [5.74, 6) is 0.854. The van der Waals surface area contributed by atoms with Crippen LogP contribution < -0.4 is 5.32 Å². The lowest BCUT2D eigenvalue weighted by atomic mass is 9.73. The molecule has 1 N–H and O–H groups in total. The van der Waals surface area contributed by atoms with E-state index in [4.69, 9.17) is 0 Å². The minimum atomic E-state index is 0.417. The van der Waals surface area contributed by atoms with E-state index in [2.05, 4.69) is 29.1 Å². The third-order valence-electron chi connectivity index (χ3n) is 3.87. The molecular formula is C14H23N3. The number of nitrogens with zero attached hydrogens (tertiary/aromatic N) is 2. The van der Waals surface area contributed by atoms with Crippen LogP contribution in [0.25, 0.3) is 0 Å². The van der Waals surface area contributed by atoms with Gasteiger partial charge in [-0.25, -0.2) is 9.97 Å². The molecule has 1 aliphatic carbocycles. The molecule has 0 spiro atoms. The predicted molar refractivity (Wildman–Crippen MR) is 69.6 cm³/mol. The van der Waals surface area contributed by atoms with Crippen LogP contribution in [0, 0.1) is 12.3 Å². The number of hydrogen-bond donors (Lipinski definition) is 1. The summed E-state index contributed by atoms with van der Waals surface area (Å²) in [5, 5.41) is 3.67. The molecule has 0 aliphatic heterocycles. The van der Waals surface area contributed by atoms with Gasteiger partial charge in [0.15, 0.2) is 0 Å². The molecule has 1 aromatic rings. The van der Waals surface area contributed by atoms with Gasteiger partial charge < -0.3 is 5.32 Å². The molecule has 1 aliphatic rings. The molecule has 2 rings (SSSR count). The molecule has 0 bridgehead atoms. The van der Waals surface area contributed by atoms with Crippen LogP contribution >= 0.6 is 0 Å². The zero-order valence-corrected chi connectivity index (χ0v) is 11.2. The van der Waals surface area contributed by atoms with Crippen LogP contribution in [0.15, 0.2) is 12.3 Å². The van der Waals surface area contributed by atoms with E-state index in [0.29, 0.717) is 11.5 Å². The van der Waals surface area contributed by atoms with Gasteiger partial charge in [-0.2, -0.15) is 0 Å². The zero-order chi connectivity index (χ0) is 12.3. The normalized spacial score (nSPS) is 23.6. The van der Waals surface area contributed by atoms with Crippen molar-refractivity contribution in [3.63, 3.8) is 0 Å². The molecule has 1 atom stereocenters. The molecule has 1 heterocycles. The molecular weight excluding hydrogens is 210 g/mol. The quantitative estimate of drug-likeness (QED) is 0.872. The largest absolute Gasteiger partial charge is 0.308 e. The second kappa shape index (κ2) is 5.13. The molecule has 1 aromatic heterocycles. The minimum absolute atomic E-state index is 0.417. The Labute approximate surface area is 104 Å². The van der Waals surface area contributed by atoms with Gasteiger partial charge in [0, 0.05) is 18.8 Å². The summed E-state index contributed by atoms with van der Waals surface area (Å²) >= 11 is 0. The Balaban J connectivity index is 1.93. The lowest BCUT2D eigenvalue weighted by Gasteiger charge is -2.39. The second-order valence-corrected chi connectivity index (χ2v) is 5.76. The maximum absolute atomic E-state index is 4.43. The van der Waals surface area contributed by atoms with Gasteiger partial charge in [0.1, 0.15) is 5.82 Å². The highest BCUT2D eigenvalue weighted by Crippen LogP contribution is 2.35. The fourth-order valence-electron chi connectivity index (χ4n) is 2.70. The Morgan fingerprint density at radius 1 is 1.41 bits per heavy atom. The van der Waals surface area contributed by atoms with E-state index in [9.17, 15) is 0 Å². The van der Waals surface area contributed by atoms with Crippen molar-refractivity contribution in [1.82, 2.24) is 15.3 Å². The molecule has 3 heteroatoms. The van der Waals surface area contributed by atoms with Crippen LogP contribution in [-0.2, 0) is 6.54 Å². The Morgan fingerprint density at radius 2 is 2.24 bits per heavy atom. The van der Waals surface area contributed by atoms with Crippen LogP contribution in [0.2, 0.25) is 0 Å². The first-order valence-electron chi connectivity index (χ1n) is 6.60. The molecule has 1 fully saturated rings. The summed E-state index contributed by atoms with van der Waals surface area (Å²) in [6, 6.07) is 2.61. The Kier molecular flexibility index (Phi) is 3.77. The van der Waals surface area contributed by atoms with Crippen molar-refractivity contribution in [2.75, 3.05) is 0 Å². The second-order valence-electron chi connectivity index (χ2n) is 5.76. The molecule has 94 valence electrons. The van der Waals surface area contributed by atoms with Gasteiger partial charge in [-0.1, -0.05) is 26.7 Å². The molecule has 0 aromatic carbocycles. The summed E-state index contributed by atoms with van der Waals surface area (Å²) in [4.78, 5) is 8.56. The zero-order valence-electron chi connectivity index (χ0n) is 11.2. The van der Waals surface area contributed by atoms with Crippen molar-refractivity contribution in [3.8, 4) is 0 Å². The maximum Gasteiger partial charge on any atom is 0.125 e. The molecule has 3 nitrogen and oxygen atoms in total. The minimum Gasteiger partial charge on any atom is -0.308 e. The van der Waals surface area contributed by atoms with E-state index in [0.717, 1.165) is 18.1 Å². The van der Waals surface area contributed by atoms with Crippen LogP contribution in [0.5, 0.6) is 0 Å². The maximum atomic E-state index is 4.43. The van der Waals surface area contributed by atoms with Crippen molar-refractivity contribution in [1.29, 1.82) is 0 Å². The van der Waals surface area contributed by atoms with Crippen molar-refractivity contribution in [2.24, 2.45) is 5.41 Å². The lowest BCUT2D eigenvalue weighted by molar-refractivity contribution is 0.166. The summed E-state index contributed by atoms with van der Waals surface area (Å²) in [6.45, 7) is 7.54. The fourth-order valence-corrected chi connectivity index (χ4v) is 2.70. The number of hydrogen-bond acceptors (Lipinski definition) is 3. The predicted octanol–water partition coefficient (Wildman–Crippen LogP) is 2.84. The molecule has 1 saturated carbocycles. The van der Waals surface area contributed by atoms with Crippen LogP contribution in [0.1, 0.15) is 51.0 Å². The summed E-state index contributed by atoms with van der Waals surface area (Å²) in [5.41, 5.74) is 1.51. The number of aromatic nitrogens is 2. The summed E-state index contributed by atoms with van der Waals surface area (Å²) < 4.78 is 0. The van der Waals surface area contributed by atoms with Gasteiger partial charge in [-0.05, 0) is 31.2 Å². The standard InChI is InChI=1S/C14H23N3/c1-11-15-9-7-12(17-11)10-16-13-6-4-5-8-14(13,2)3/h7,9,13,16H,4-6,8,10H2,1-3H3. The lowest BCUT2D eigenvalue weighted by Crippen LogP contribution is -2.43. The van der Waals surface area contributed by atoms with E-state index in [1.54, 1.807) is 0 Å². The van der Waals surface area contributed by atoms with Gasteiger partial charge in [-0.3, -0.25) is 0 Å². The van der Waals surface area contributed by atoms with Gasteiger partial charge in [-0.15, -0.1) is 0 Å². The monoisotopic (exact) mass is 233 g/mol. The first-order valence-corrected chi connectivity index (χ1v) is 6.60. The Bertz CT molecular complexity index is 373. The molecule has 0 amide bonds. The first kappa shape index (κ1) is 12.5. The third-order valence-corrected chi connectivity index (χ3v) is 3.87. The van der Waals surface area contributed by atoms with Gasteiger partial charge in [0.25, 0.3) is 0 Å². The molecule has 0 radical (unpaired) electrons. The highest BCUT2D eigenvalue weighted by molar-refractivity contribution is 5.02. The highest BCUT2D eigenvalue weighted by Gasteiger charge is 2.31. The average molecular weight is 233 g/mol. The summed E-state index contributed by atoms with van der Waals surface area (Å²) in [6.07, 6.45) is 7.18. The first-order chi connectivity index (χ1) is 8.08. The average Bonchev–Trinajstić information content (AvgIpc) is 2.27. The fraction of sp³-hybridized carbons (Fsp3) is 0.714. The molecule has 1 unspecified atom stereocenters. The van der Waals surface area contributed by atoms with Gasteiger partial charge >= 0.3 is 0 Å². The van der Waals surface area contributed by atoms with E-state index in [1.807, 2.05) is 19.2 Å². The van der Waals surface area contributed by atoms with Crippen LogP contribution in [-0.4, -0.2) is 16.0 Å². The number of nitrogens with one attached hydrogen (secondary N) is 1. The Morgan fingerprint density at radius 3 is 2.94 bits per heavy atom. The molecule has 0 saturated heterocycles. The molecule has 17 heavy (non-hydrogen) atoms. The van der Waals surface area contributed by atoms with E-state index in [1.165, 1.54) is 25.7 Å². The van der Waals surface area contributed by atoms with Gasteiger partial charge in [0.2, 0.25) is 0 Å². The SMILES string of the molecule is Cc1nccc(CNC2CCCCC2(C)C)n1. The van der Waals surface area contributed by atoms with Crippen molar-refractivity contribution < 1.29 is 0 Å². The van der Waals surface area contributed by atoms with E-state index < -0.39 is 0 Å². The Hall–Kier alpha value is -0.960. The highest BCUT2D eigenvalue weighted by atomic mass is 15.0. The topological polar surface area (TPSA) is 37.8 Å². The van der Waals surface area contributed by atoms with Crippen LogP contribution in [0.3, 0.4) is 0 Å². The third kappa shape index (κ3) is 3.25. The number of rotatable bonds is 3. The van der Waals surface area contributed by atoms with Crippen molar-refractivity contribution in [3.05, 3.63) is 23.8 Å². The number of aryl methyl sites for hydroxylation is 1. The smallest absolute Gasteiger partial charge is 0.125 e. The van der Waals surface area contributed by atoms with Crippen LogP contribution in [0.4, 0.5) is 0 Å². The summed E-state index contributed by atoms with van der Waals surface area (Å²) in [7, 11) is 0.